The Bertz CT molecular complexity index is 852. The first-order valence-corrected chi connectivity index (χ1v) is 8.16. The Kier molecular flexibility index (Phi) is 6.16. The standard InChI is InChI=1S/C18H18F3N3O2.Co/c1-9(2)14-7-25-16(23-14)12-5-11(18(19,20)21)6-13(22-12)17-24-15(8-26-17)10(3)4;/h5-10H,1-4H3;. The van der Waals surface area contributed by atoms with E-state index in [0.717, 1.165) is 12.1 Å². The van der Waals surface area contributed by atoms with Crippen molar-refractivity contribution in [1.29, 1.82) is 0 Å². The summed E-state index contributed by atoms with van der Waals surface area (Å²) in [6.45, 7) is 7.64. The van der Waals surface area contributed by atoms with Crippen molar-refractivity contribution in [3.8, 4) is 23.2 Å². The van der Waals surface area contributed by atoms with Gasteiger partial charge in [-0.05, 0) is 24.0 Å². The van der Waals surface area contributed by atoms with Gasteiger partial charge in [0.2, 0.25) is 11.8 Å². The number of hydrogen-bond acceptors (Lipinski definition) is 5. The molecule has 0 aliphatic carbocycles. The average molecular weight is 424 g/mol. The number of nitrogens with zero attached hydrogens (tertiary/aromatic N) is 3. The maximum atomic E-state index is 13.3. The van der Waals surface area contributed by atoms with Crippen LogP contribution in [0.5, 0.6) is 0 Å². The minimum Gasteiger partial charge on any atom is -0.443 e. The Labute approximate surface area is 164 Å². The van der Waals surface area contributed by atoms with Gasteiger partial charge in [-0.15, -0.1) is 0 Å². The number of oxazole rings is 2. The molecular formula is C18H18CoF3N3O2. The van der Waals surface area contributed by atoms with Gasteiger partial charge in [0, 0.05) is 16.8 Å². The Morgan fingerprint density at radius 1 is 0.778 bits per heavy atom. The van der Waals surface area contributed by atoms with E-state index < -0.39 is 11.7 Å². The zero-order valence-electron chi connectivity index (χ0n) is 15.1. The van der Waals surface area contributed by atoms with E-state index in [9.17, 15) is 13.2 Å². The van der Waals surface area contributed by atoms with Crippen LogP contribution in [0.2, 0.25) is 0 Å². The van der Waals surface area contributed by atoms with Gasteiger partial charge in [0.05, 0.1) is 17.0 Å². The van der Waals surface area contributed by atoms with Crippen LogP contribution < -0.4 is 0 Å². The van der Waals surface area contributed by atoms with Gasteiger partial charge in [0.15, 0.2) is 0 Å². The summed E-state index contributed by atoms with van der Waals surface area (Å²) in [5.41, 5.74) is 0.362. The fraction of sp³-hybridized carbons (Fsp3) is 0.389. The van der Waals surface area contributed by atoms with Crippen LogP contribution in [0.4, 0.5) is 13.2 Å². The fourth-order valence-electron chi connectivity index (χ4n) is 2.25. The van der Waals surface area contributed by atoms with Crippen LogP contribution in [0.3, 0.4) is 0 Å². The summed E-state index contributed by atoms with van der Waals surface area (Å²) in [6, 6.07) is 1.82. The van der Waals surface area contributed by atoms with E-state index in [4.69, 9.17) is 8.83 Å². The van der Waals surface area contributed by atoms with Crippen LogP contribution in [-0.2, 0) is 23.0 Å². The predicted molar refractivity (Wildman–Crippen MR) is 88.4 cm³/mol. The summed E-state index contributed by atoms with van der Waals surface area (Å²) >= 11 is 0. The van der Waals surface area contributed by atoms with Crippen LogP contribution >= 0.6 is 0 Å². The monoisotopic (exact) mass is 424 g/mol. The van der Waals surface area contributed by atoms with Crippen LogP contribution in [-0.4, -0.2) is 15.0 Å². The molecule has 0 aromatic carbocycles. The van der Waals surface area contributed by atoms with Crippen molar-refractivity contribution in [2.45, 2.75) is 45.7 Å². The second kappa shape index (κ2) is 7.85. The van der Waals surface area contributed by atoms with E-state index in [-0.39, 0.29) is 51.8 Å². The van der Waals surface area contributed by atoms with Gasteiger partial charge in [0.25, 0.3) is 0 Å². The number of halogens is 3. The van der Waals surface area contributed by atoms with Gasteiger partial charge < -0.3 is 8.83 Å². The number of hydrogen-bond donors (Lipinski definition) is 0. The third-order valence-electron chi connectivity index (χ3n) is 3.82. The molecule has 147 valence electrons. The topological polar surface area (TPSA) is 65.0 Å². The average Bonchev–Trinajstić information content (AvgIpc) is 3.23. The molecule has 0 saturated carbocycles. The molecule has 0 amide bonds. The van der Waals surface area contributed by atoms with Crippen molar-refractivity contribution >= 4 is 0 Å². The Hall–Kier alpha value is -2.13. The maximum Gasteiger partial charge on any atom is 0.416 e. The van der Waals surface area contributed by atoms with E-state index in [0.29, 0.717) is 11.4 Å². The molecule has 0 spiro atoms. The van der Waals surface area contributed by atoms with Gasteiger partial charge in [-0.1, -0.05) is 27.7 Å². The molecule has 0 fully saturated rings. The van der Waals surface area contributed by atoms with E-state index in [1.165, 1.54) is 12.5 Å². The molecule has 3 heterocycles. The molecule has 3 aromatic rings. The summed E-state index contributed by atoms with van der Waals surface area (Å²) < 4.78 is 50.6. The third kappa shape index (κ3) is 4.59. The Morgan fingerprint density at radius 3 is 1.48 bits per heavy atom. The van der Waals surface area contributed by atoms with E-state index in [1.807, 2.05) is 27.7 Å². The molecule has 27 heavy (non-hydrogen) atoms. The summed E-state index contributed by atoms with van der Waals surface area (Å²) in [7, 11) is 0. The van der Waals surface area contributed by atoms with E-state index in [2.05, 4.69) is 15.0 Å². The minimum absolute atomic E-state index is 0. The molecule has 3 aromatic heterocycles. The zero-order chi connectivity index (χ0) is 19.1. The maximum absolute atomic E-state index is 13.3. The zero-order valence-corrected chi connectivity index (χ0v) is 16.1. The first-order chi connectivity index (χ1) is 12.1. The smallest absolute Gasteiger partial charge is 0.416 e. The summed E-state index contributed by atoms with van der Waals surface area (Å²) in [6.07, 6.45) is -1.71. The van der Waals surface area contributed by atoms with Crippen LogP contribution in [0, 0.1) is 0 Å². The Balaban J connectivity index is 0.00000261. The molecule has 9 heteroatoms. The number of rotatable bonds is 4. The van der Waals surface area contributed by atoms with Crippen molar-refractivity contribution < 1.29 is 38.8 Å². The number of pyridine rings is 1. The third-order valence-corrected chi connectivity index (χ3v) is 3.82. The molecule has 0 unspecified atom stereocenters. The number of aromatic nitrogens is 3. The quantitative estimate of drug-likeness (QED) is 0.541. The molecule has 0 N–H and O–H groups in total. The van der Waals surface area contributed by atoms with E-state index >= 15 is 0 Å². The summed E-state index contributed by atoms with van der Waals surface area (Å²) in [5.74, 6) is 0.213. The SMILES string of the molecule is CC(C)c1coc(-c2cc(C(F)(F)F)cc(-c3nc(C(C)C)co3)n2)n1.[Co]. The Morgan fingerprint density at radius 2 is 1.19 bits per heavy atom. The molecule has 0 aliphatic heterocycles. The summed E-state index contributed by atoms with van der Waals surface area (Å²) in [4.78, 5) is 12.7. The molecule has 0 bridgehead atoms. The largest absolute Gasteiger partial charge is 0.443 e. The first-order valence-electron chi connectivity index (χ1n) is 8.16. The van der Waals surface area contributed by atoms with Crippen molar-refractivity contribution in [3.05, 3.63) is 41.6 Å². The van der Waals surface area contributed by atoms with Gasteiger partial charge in [-0.25, -0.2) is 15.0 Å². The second-order valence-electron chi connectivity index (χ2n) is 6.59. The van der Waals surface area contributed by atoms with Crippen molar-refractivity contribution in [3.63, 3.8) is 0 Å². The second-order valence-corrected chi connectivity index (χ2v) is 6.59. The predicted octanol–water partition coefficient (Wildman–Crippen LogP) is 5.65. The summed E-state index contributed by atoms with van der Waals surface area (Å²) in [5, 5.41) is 0. The van der Waals surface area contributed by atoms with E-state index in [1.54, 1.807) is 0 Å². The number of alkyl halides is 3. The normalized spacial score (nSPS) is 11.9. The fourth-order valence-corrected chi connectivity index (χ4v) is 2.25. The van der Waals surface area contributed by atoms with Crippen LogP contribution in [0.1, 0.15) is 56.5 Å². The molecule has 0 aliphatic rings. The van der Waals surface area contributed by atoms with Crippen molar-refractivity contribution in [1.82, 2.24) is 15.0 Å². The molecule has 0 atom stereocenters. The first kappa shape index (κ1) is 21.2. The van der Waals surface area contributed by atoms with Gasteiger partial charge in [-0.2, -0.15) is 13.2 Å². The van der Waals surface area contributed by atoms with Crippen molar-refractivity contribution in [2.24, 2.45) is 0 Å². The molecule has 1 radical (unpaired) electrons. The minimum atomic E-state index is -4.55. The van der Waals surface area contributed by atoms with Gasteiger partial charge >= 0.3 is 6.18 Å². The van der Waals surface area contributed by atoms with Gasteiger partial charge in [-0.3, -0.25) is 0 Å². The van der Waals surface area contributed by atoms with Crippen LogP contribution in [0.15, 0.2) is 33.5 Å². The molecule has 0 saturated heterocycles. The van der Waals surface area contributed by atoms with Crippen molar-refractivity contribution in [2.75, 3.05) is 0 Å². The molecule has 3 rings (SSSR count). The van der Waals surface area contributed by atoms with Crippen LogP contribution in [0.25, 0.3) is 23.2 Å². The van der Waals surface area contributed by atoms with Gasteiger partial charge in [0.1, 0.15) is 23.9 Å². The molecular weight excluding hydrogens is 406 g/mol. The molecule has 5 nitrogen and oxygen atoms in total.